The normalized spacial score (nSPS) is 23.9. The fraction of sp³-hybridized carbons (Fsp3) is 0.538. The number of ether oxygens (including phenoxy) is 1. The summed E-state index contributed by atoms with van der Waals surface area (Å²) in [6.07, 6.45) is 3.52. The van der Waals surface area contributed by atoms with Crippen molar-refractivity contribution in [2.45, 2.75) is 37.8 Å². The molecule has 2 atom stereocenters. The summed E-state index contributed by atoms with van der Waals surface area (Å²) in [6, 6.07) is 3.69. The first-order chi connectivity index (χ1) is 8.46. The van der Waals surface area contributed by atoms with Crippen molar-refractivity contribution in [3.8, 4) is 0 Å². The van der Waals surface area contributed by atoms with E-state index >= 15 is 0 Å². The number of thioether (sulfide) groups is 1. The van der Waals surface area contributed by atoms with Crippen LogP contribution < -0.4 is 5.32 Å². The molecule has 18 heavy (non-hydrogen) atoms. The second-order valence-electron chi connectivity index (χ2n) is 5.25. The molecule has 2 rings (SSSR count). The Hall–Kier alpha value is -1.07. The molecule has 0 bridgehead atoms. The first-order valence-corrected chi connectivity index (χ1v) is 7.01. The van der Waals surface area contributed by atoms with Gasteiger partial charge in [0.05, 0.1) is 5.37 Å². The van der Waals surface area contributed by atoms with Crippen molar-refractivity contribution < 1.29 is 9.53 Å². The monoisotopic (exact) mass is 266 g/mol. The van der Waals surface area contributed by atoms with Gasteiger partial charge in [-0.15, -0.1) is 11.8 Å². The number of nitrogens with one attached hydrogen (secondary N) is 1. The van der Waals surface area contributed by atoms with Gasteiger partial charge < -0.3 is 4.74 Å². The highest BCUT2D eigenvalue weighted by molar-refractivity contribution is 7.99. The van der Waals surface area contributed by atoms with E-state index in [9.17, 15) is 4.79 Å². The van der Waals surface area contributed by atoms with Crippen LogP contribution in [0.3, 0.4) is 0 Å². The minimum absolute atomic E-state index is 0.144. The van der Waals surface area contributed by atoms with Crippen LogP contribution in [0.1, 0.15) is 31.7 Å². The number of aromatic nitrogens is 1. The first-order valence-electron chi connectivity index (χ1n) is 5.96. The molecule has 1 fully saturated rings. The molecule has 1 N–H and O–H groups in total. The van der Waals surface area contributed by atoms with E-state index in [1.807, 2.05) is 32.9 Å². The third-order valence-electron chi connectivity index (χ3n) is 2.48. The van der Waals surface area contributed by atoms with Gasteiger partial charge in [0.25, 0.3) is 0 Å². The van der Waals surface area contributed by atoms with Crippen LogP contribution in [0.5, 0.6) is 0 Å². The number of pyridine rings is 1. The van der Waals surface area contributed by atoms with Crippen molar-refractivity contribution in [3.05, 3.63) is 30.1 Å². The van der Waals surface area contributed by atoms with Crippen molar-refractivity contribution in [1.82, 2.24) is 10.3 Å². The van der Waals surface area contributed by atoms with Gasteiger partial charge in [0.1, 0.15) is 11.6 Å². The summed E-state index contributed by atoms with van der Waals surface area (Å²) in [7, 11) is 0. The lowest BCUT2D eigenvalue weighted by atomic mass is 10.2. The number of rotatable bonds is 2. The molecule has 98 valence electrons. The van der Waals surface area contributed by atoms with Gasteiger partial charge in [-0.25, -0.2) is 0 Å². The van der Waals surface area contributed by atoms with Gasteiger partial charge >= 0.3 is 5.97 Å². The predicted octanol–water partition coefficient (Wildman–Crippen LogP) is 2.13. The van der Waals surface area contributed by atoms with Gasteiger partial charge in [0.2, 0.25) is 0 Å². The number of hydrogen-bond acceptors (Lipinski definition) is 5. The molecule has 2 unspecified atom stereocenters. The van der Waals surface area contributed by atoms with E-state index in [0.717, 1.165) is 11.3 Å². The molecule has 1 aromatic heterocycles. The van der Waals surface area contributed by atoms with E-state index in [0.29, 0.717) is 0 Å². The van der Waals surface area contributed by atoms with E-state index in [2.05, 4.69) is 10.3 Å². The Kier molecular flexibility index (Phi) is 3.92. The Morgan fingerprint density at radius 1 is 1.44 bits per heavy atom. The van der Waals surface area contributed by atoms with Crippen LogP contribution in [0.4, 0.5) is 0 Å². The highest BCUT2D eigenvalue weighted by Crippen LogP contribution is 2.32. The molecule has 1 aromatic rings. The zero-order valence-corrected chi connectivity index (χ0v) is 11.7. The van der Waals surface area contributed by atoms with Crippen molar-refractivity contribution in [2.75, 3.05) is 5.75 Å². The lowest BCUT2D eigenvalue weighted by Gasteiger charge is -2.22. The molecule has 0 aromatic carbocycles. The van der Waals surface area contributed by atoms with Crippen LogP contribution in [0.15, 0.2) is 24.5 Å². The Bertz CT molecular complexity index is 417. The second kappa shape index (κ2) is 5.28. The van der Waals surface area contributed by atoms with Crippen molar-refractivity contribution >= 4 is 17.7 Å². The summed E-state index contributed by atoms with van der Waals surface area (Å²) < 4.78 is 5.38. The molecule has 0 radical (unpaired) electrons. The highest BCUT2D eigenvalue weighted by atomic mass is 32.2. The predicted molar refractivity (Wildman–Crippen MR) is 72.2 cm³/mol. The molecule has 1 aliphatic heterocycles. The maximum atomic E-state index is 11.9. The van der Waals surface area contributed by atoms with Gasteiger partial charge in [0.15, 0.2) is 0 Å². The summed E-state index contributed by atoms with van der Waals surface area (Å²) in [4.78, 5) is 15.9. The van der Waals surface area contributed by atoms with Crippen molar-refractivity contribution in [2.24, 2.45) is 0 Å². The van der Waals surface area contributed by atoms with Crippen LogP contribution >= 0.6 is 11.8 Å². The molecular weight excluding hydrogens is 248 g/mol. The SMILES string of the molecule is CC(C)(C)OC(=O)C1CSC(c2ccncc2)N1. The molecule has 2 heterocycles. The Morgan fingerprint density at radius 2 is 2.11 bits per heavy atom. The van der Waals surface area contributed by atoms with E-state index < -0.39 is 5.60 Å². The van der Waals surface area contributed by atoms with E-state index in [-0.39, 0.29) is 17.4 Å². The van der Waals surface area contributed by atoms with E-state index in [1.165, 1.54) is 0 Å². The third kappa shape index (κ3) is 3.46. The number of nitrogens with zero attached hydrogens (tertiary/aromatic N) is 1. The number of hydrogen-bond donors (Lipinski definition) is 1. The Morgan fingerprint density at radius 3 is 2.72 bits per heavy atom. The maximum Gasteiger partial charge on any atom is 0.324 e. The Labute approximate surface area is 112 Å². The highest BCUT2D eigenvalue weighted by Gasteiger charge is 2.33. The molecule has 5 heteroatoms. The molecular formula is C13H18N2O2S. The van der Waals surface area contributed by atoms with Gasteiger partial charge in [-0.1, -0.05) is 0 Å². The van der Waals surface area contributed by atoms with E-state index in [4.69, 9.17) is 4.74 Å². The third-order valence-corrected chi connectivity index (χ3v) is 3.75. The summed E-state index contributed by atoms with van der Waals surface area (Å²) in [5, 5.41) is 3.43. The summed E-state index contributed by atoms with van der Waals surface area (Å²) in [6.45, 7) is 5.65. The first kappa shape index (κ1) is 13.4. The minimum atomic E-state index is -0.432. The average molecular weight is 266 g/mol. The smallest absolute Gasteiger partial charge is 0.324 e. The van der Waals surface area contributed by atoms with Gasteiger partial charge in [0, 0.05) is 18.1 Å². The Balaban J connectivity index is 1.95. The largest absolute Gasteiger partial charge is 0.459 e. The molecule has 0 spiro atoms. The zero-order valence-electron chi connectivity index (χ0n) is 10.8. The van der Waals surface area contributed by atoms with E-state index in [1.54, 1.807) is 24.2 Å². The number of carbonyl (C=O) groups excluding carboxylic acids is 1. The summed E-state index contributed by atoms with van der Waals surface area (Å²) in [5.41, 5.74) is 0.708. The van der Waals surface area contributed by atoms with Crippen molar-refractivity contribution in [3.63, 3.8) is 0 Å². The quantitative estimate of drug-likeness (QED) is 0.831. The number of esters is 1. The fourth-order valence-corrected chi connectivity index (χ4v) is 2.94. The van der Waals surface area contributed by atoms with Gasteiger partial charge in [-0.3, -0.25) is 15.1 Å². The molecule has 4 nitrogen and oxygen atoms in total. The lowest BCUT2D eigenvalue weighted by Crippen LogP contribution is -2.39. The van der Waals surface area contributed by atoms with Gasteiger partial charge in [-0.2, -0.15) is 0 Å². The molecule has 0 saturated carbocycles. The van der Waals surface area contributed by atoms with Crippen molar-refractivity contribution in [1.29, 1.82) is 0 Å². The zero-order chi connectivity index (χ0) is 13.2. The number of carbonyl (C=O) groups is 1. The summed E-state index contributed by atoms with van der Waals surface area (Å²) in [5.74, 6) is 0.564. The molecule has 0 aliphatic carbocycles. The van der Waals surface area contributed by atoms with Crippen LogP contribution in [0, 0.1) is 0 Å². The second-order valence-corrected chi connectivity index (χ2v) is 6.38. The van der Waals surface area contributed by atoms with Gasteiger partial charge in [-0.05, 0) is 38.5 Å². The van der Waals surface area contributed by atoms with Crippen LogP contribution in [-0.4, -0.2) is 28.3 Å². The molecule has 0 amide bonds. The summed E-state index contributed by atoms with van der Waals surface area (Å²) >= 11 is 1.72. The van der Waals surface area contributed by atoms with Crippen LogP contribution in [0.2, 0.25) is 0 Å². The topological polar surface area (TPSA) is 51.2 Å². The average Bonchev–Trinajstić information content (AvgIpc) is 2.77. The lowest BCUT2D eigenvalue weighted by molar-refractivity contribution is -0.156. The maximum absolute atomic E-state index is 11.9. The minimum Gasteiger partial charge on any atom is -0.459 e. The molecule has 1 saturated heterocycles. The van der Waals surface area contributed by atoms with Crippen LogP contribution in [0.25, 0.3) is 0 Å². The fourth-order valence-electron chi connectivity index (χ4n) is 1.71. The standard InChI is InChI=1S/C13H18N2O2S/c1-13(2,3)17-12(16)10-8-18-11(15-10)9-4-6-14-7-5-9/h4-7,10-11,15H,8H2,1-3H3. The van der Waals surface area contributed by atoms with Crippen LogP contribution in [-0.2, 0) is 9.53 Å². The molecule has 1 aliphatic rings.